The first kappa shape index (κ1) is 14.7. The summed E-state index contributed by atoms with van der Waals surface area (Å²) in [5.74, 6) is -2.20. The molecule has 0 amide bonds. The van der Waals surface area contributed by atoms with Gasteiger partial charge >= 0.3 is 0 Å². The molecule has 4 heteroatoms. The number of nitrogens with zero attached hydrogens (tertiary/aromatic N) is 1. The summed E-state index contributed by atoms with van der Waals surface area (Å²) in [7, 11) is 0. The zero-order chi connectivity index (χ0) is 14.1. The Kier molecular flexibility index (Phi) is 4.32. The van der Waals surface area contributed by atoms with Crippen molar-refractivity contribution < 1.29 is 8.78 Å². The van der Waals surface area contributed by atoms with Crippen molar-refractivity contribution in [1.82, 2.24) is 10.2 Å². The SMILES string of the molecule is FC1(F)CCCC(CN2CCNCC23CCCCC3)C1. The quantitative estimate of drug-likeness (QED) is 0.837. The van der Waals surface area contributed by atoms with Crippen molar-refractivity contribution in [3.63, 3.8) is 0 Å². The predicted octanol–water partition coefficient (Wildman–Crippen LogP) is 3.42. The van der Waals surface area contributed by atoms with Crippen LogP contribution in [0.1, 0.15) is 57.8 Å². The lowest BCUT2D eigenvalue weighted by Gasteiger charge is -2.51. The van der Waals surface area contributed by atoms with Gasteiger partial charge in [-0.1, -0.05) is 19.3 Å². The zero-order valence-electron chi connectivity index (χ0n) is 12.5. The molecule has 3 rings (SSSR count). The van der Waals surface area contributed by atoms with Crippen LogP contribution >= 0.6 is 0 Å². The largest absolute Gasteiger partial charge is 0.314 e. The van der Waals surface area contributed by atoms with Gasteiger partial charge in [0.15, 0.2) is 0 Å². The Bertz CT molecular complexity index is 318. The van der Waals surface area contributed by atoms with Crippen LogP contribution in [0.5, 0.6) is 0 Å². The maximum atomic E-state index is 13.6. The van der Waals surface area contributed by atoms with Crippen molar-refractivity contribution in [2.45, 2.75) is 69.2 Å². The molecule has 0 radical (unpaired) electrons. The van der Waals surface area contributed by atoms with Crippen LogP contribution in [0, 0.1) is 5.92 Å². The monoisotopic (exact) mass is 286 g/mol. The smallest absolute Gasteiger partial charge is 0.248 e. The Balaban J connectivity index is 1.64. The summed E-state index contributed by atoms with van der Waals surface area (Å²) in [4.78, 5) is 2.58. The van der Waals surface area contributed by atoms with E-state index in [1.807, 2.05) is 0 Å². The van der Waals surface area contributed by atoms with Crippen molar-refractivity contribution >= 4 is 0 Å². The minimum atomic E-state index is -2.41. The predicted molar refractivity (Wildman–Crippen MR) is 77.2 cm³/mol. The number of nitrogens with one attached hydrogen (secondary N) is 1. The highest BCUT2D eigenvalue weighted by atomic mass is 19.3. The number of rotatable bonds is 2. The first-order chi connectivity index (χ1) is 9.60. The van der Waals surface area contributed by atoms with Crippen molar-refractivity contribution in [1.29, 1.82) is 0 Å². The second-order valence-electron chi connectivity index (χ2n) is 7.23. The maximum absolute atomic E-state index is 13.6. The van der Waals surface area contributed by atoms with Gasteiger partial charge in [0.2, 0.25) is 5.92 Å². The van der Waals surface area contributed by atoms with E-state index in [9.17, 15) is 8.78 Å². The molecule has 2 aliphatic carbocycles. The van der Waals surface area contributed by atoms with Gasteiger partial charge in [0.1, 0.15) is 0 Å². The maximum Gasteiger partial charge on any atom is 0.248 e. The number of hydrogen-bond acceptors (Lipinski definition) is 2. The molecule has 1 N–H and O–H groups in total. The fourth-order valence-electron chi connectivity index (χ4n) is 4.62. The molecule has 2 saturated carbocycles. The van der Waals surface area contributed by atoms with Gasteiger partial charge in [0.05, 0.1) is 0 Å². The third kappa shape index (κ3) is 3.16. The molecule has 0 aromatic carbocycles. The van der Waals surface area contributed by atoms with Gasteiger partial charge in [-0.25, -0.2) is 8.78 Å². The molecule has 0 bridgehead atoms. The Morgan fingerprint density at radius 3 is 2.60 bits per heavy atom. The van der Waals surface area contributed by atoms with Gasteiger partial charge in [-0.15, -0.1) is 0 Å². The highest BCUT2D eigenvalue weighted by Gasteiger charge is 2.42. The van der Waals surface area contributed by atoms with Crippen LogP contribution < -0.4 is 5.32 Å². The van der Waals surface area contributed by atoms with Gasteiger partial charge in [-0.05, 0) is 31.6 Å². The van der Waals surface area contributed by atoms with Crippen LogP contribution in [0.2, 0.25) is 0 Å². The molecule has 116 valence electrons. The molecule has 1 heterocycles. The summed E-state index contributed by atoms with van der Waals surface area (Å²) in [6, 6.07) is 0. The standard InChI is InChI=1S/C16H28F2N2/c17-16(18)8-4-5-14(11-16)12-20-10-9-19-13-15(20)6-2-1-3-7-15/h14,19H,1-13H2. The third-order valence-electron chi connectivity index (χ3n) is 5.69. The third-order valence-corrected chi connectivity index (χ3v) is 5.69. The molecular formula is C16H28F2N2. The van der Waals surface area contributed by atoms with Crippen molar-refractivity contribution in [2.75, 3.05) is 26.2 Å². The molecule has 1 saturated heterocycles. The minimum absolute atomic E-state index is 0.107. The van der Waals surface area contributed by atoms with Crippen LogP contribution in [-0.4, -0.2) is 42.5 Å². The second kappa shape index (κ2) is 5.88. The van der Waals surface area contributed by atoms with Gasteiger partial charge in [0, 0.05) is 44.6 Å². The normalized spacial score (nSPS) is 34.2. The van der Waals surface area contributed by atoms with E-state index in [1.165, 1.54) is 32.1 Å². The molecular weight excluding hydrogens is 258 g/mol. The van der Waals surface area contributed by atoms with Crippen molar-refractivity contribution in [2.24, 2.45) is 5.92 Å². The molecule has 20 heavy (non-hydrogen) atoms. The molecule has 3 aliphatic rings. The average molecular weight is 286 g/mol. The Labute approximate surface area is 121 Å². The molecule has 3 fully saturated rings. The zero-order valence-corrected chi connectivity index (χ0v) is 12.5. The van der Waals surface area contributed by atoms with Crippen LogP contribution in [0.4, 0.5) is 8.78 Å². The van der Waals surface area contributed by atoms with E-state index in [1.54, 1.807) is 0 Å². The number of piperazine rings is 1. The van der Waals surface area contributed by atoms with Crippen LogP contribution in [-0.2, 0) is 0 Å². The molecule has 1 spiro atoms. The fraction of sp³-hybridized carbons (Fsp3) is 1.00. The van der Waals surface area contributed by atoms with E-state index in [0.717, 1.165) is 32.6 Å². The lowest BCUT2D eigenvalue weighted by molar-refractivity contribution is -0.0679. The molecule has 1 unspecified atom stereocenters. The topological polar surface area (TPSA) is 15.3 Å². The minimum Gasteiger partial charge on any atom is -0.314 e. The van der Waals surface area contributed by atoms with E-state index in [2.05, 4.69) is 10.2 Å². The highest BCUT2D eigenvalue weighted by Crippen LogP contribution is 2.40. The van der Waals surface area contributed by atoms with Gasteiger partial charge in [-0.2, -0.15) is 0 Å². The van der Waals surface area contributed by atoms with Crippen LogP contribution in [0.15, 0.2) is 0 Å². The van der Waals surface area contributed by atoms with Crippen LogP contribution in [0.3, 0.4) is 0 Å². The highest BCUT2D eigenvalue weighted by molar-refractivity contribution is 4.99. The molecule has 0 aromatic heterocycles. The summed E-state index contributed by atoms with van der Waals surface area (Å²) < 4.78 is 27.2. The number of alkyl halides is 2. The van der Waals surface area contributed by atoms with E-state index in [0.29, 0.717) is 6.42 Å². The lowest BCUT2D eigenvalue weighted by Crippen LogP contribution is -2.63. The van der Waals surface area contributed by atoms with E-state index in [4.69, 9.17) is 0 Å². The molecule has 1 aliphatic heterocycles. The first-order valence-electron chi connectivity index (χ1n) is 8.43. The lowest BCUT2D eigenvalue weighted by atomic mass is 9.77. The number of halogens is 2. The van der Waals surface area contributed by atoms with Gasteiger partial charge in [0.25, 0.3) is 0 Å². The summed E-state index contributed by atoms with van der Waals surface area (Å²) in [6.07, 6.45) is 8.39. The average Bonchev–Trinajstić information content (AvgIpc) is 2.42. The van der Waals surface area contributed by atoms with Gasteiger partial charge in [-0.3, -0.25) is 4.90 Å². The van der Waals surface area contributed by atoms with Gasteiger partial charge < -0.3 is 5.32 Å². The summed E-state index contributed by atoms with van der Waals surface area (Å²) in [5, 5.41) is 3.54. The Hall–Kier alpha value is -0.220. The molecule has 0 aromatic rings. The molecule has 1 atom stereocenters. The van der Waals surface area contributed by atoms with E-state index >= 15 is 0 Å². The molecule has 2 nitrogen and oxygen atoms in total. The summed E-state index contributed by atoms with van der Waals surface area (Å²) in [5.41, 5.74) is 0.281. The fourth-order valence-corrected chi connectivity index (χ4v) is 4.62. The van der Waals surface area contributed by atoms with Crippen molar-refractivity contribution in [3.05, 3.63) is 0 Å². The van der Waals surface area contributed by atoms with E-state index < -0.39 is 5.92 Å². The Morgan fingerprint density at radius 1 is 1.05 bits per heavy atom. The summed E-state index contributed by atoms with van der Waals surface area (Å²) >= 11 is 0. The Morgan fingerprint density at radius 2 is 1.85 bits per heavy atom. The van der Waals surface area contributed by atoms with Crippen molar-refractivity contribution in [3.8, 4) is 0 Å². The first-order valence-corrected chi connectivity index (χ1v) is 8.43. The second-order valence-corrected chi connectivity index (χ2v) is 7.23. The number of hydrogen-bond donors (Lipinski definition) is 1. The summed E-state index contributed by atoms with van der Waals surface area (Å²) in [6.45, 7) is 4.03. The van der Waals surface area contributed by atoms with E-state index in [-0.39, 0.29) is 24.3 Å². The van der Waals surface area contributed by atoms with Crippen LogP contribution in [0.25, 0.3) is 0 Å².